The number of phenols is 1. The SMILES string of the molecule is CCC1(C)CC(NC(=O)c2cccc(C(N)=O)c2O)CC(C)(C)C1. The zero-order valence-corrected chi connectivity index (χ0v) is 15.0. The van der Waals surface area contributed by atoms with Gasteiger partial charge < -0.3 is 16.2 Å². The van der Waals surface area contributed by atoms with Gasteiger partial charge in [-0.1, -0.05) is 40.2 Å². The smallest absolute Gasteiger partial charge is 0.255 e. The molecular formula is C19H28N2O3. The van der Waals surface area contributed by atoms with E-state index in [1.165, 1.54) is 12.1 Å². The zero-order valence-electron chi connectivity index (χ0n) is 15.0. The van der Waals surface area contributed by atoms with Gasteiger partial charge >= 0.3 is 0 Å². The Hall–Kier alpha value is -2.04. The summed E-state index contributed by atoms with van der Waals surface area (Å²) in [6.45, 7) is 8.90. The maximum Gasteiger partial charge on any atom is 0.255 e. The molecule has 1 aromatic carbocycles. The predicted molar refractivity (Wildman–Crippen MR) is 93.9 cm³/mol. The highest BCUT2D eigenvalue weighted by atomic mass is 16.3. The van der Waals surface area contributed by atoms with Crippen molar-refractivity contribution in [2.24, 2.45) is 16.6 Å². The number of carbonyl (C=O) groups excluding carboxylic acids is 2. The van der Waals surface area contributed by atoms with Gasteiger partial charge in [-0.3, -0.25) is 9.59 Å². The van der Waals surface area contributed by atoms with E-state index < -0.39 is 5.91 Å². The van der Waals surface area contributed by atoms with E-state index in [0.717, 1.165) is 25.7 Å². The summed E-state index contributed by atoms with van der Waals surface area (Å²) < 4.78 is 0. The van der Waals surface area contributed by atoms with Crippen LogP contribution in [0.1, 0.15) is 74.1 Å². The van der Waals surface area contributed by atoms with Crippen LogP contribution in [0.15, 0.2) is 18.2 Å². The fourth-order valence-corrected chi connectivity index (χ4v) is 4.19. The lowest BCUT2D eigenvalue weighted by Gasteiger charge is -2.46. The Balaban J connectivity index is 2.20. The van der Waals surface area contributed by atoms with Gasteiger partial charge in [-0.2, -0.15) is 0 Å². The average molecular weight is 332 g/mol. The number of hydrogen-bond donors (Lipinski definition) is 3. The van der Waals surface area contributed by atoms with Gasteiger partial charge in [0.2, 0.25) is 0 Å². The minimum absolute atomic E-state index is 0.0370. The van der Waals surface area contributed by atoms with Crippen LogP contribution in [0.4, 0.5) is 0 Å². The summed E-state index contributed by atoms with van der Waals surface area (Å²) in [6, 6.07) is 4.51. The molecule has 1 aromatic rings. The standard InChI is InChI=1S/C19H28N2O3/c1-5-19(4)10-12(9-18(2,3)11-19)21-17(24)14-8-6-7-13(15(14)22)16(20)23/h6-8,12,22H,5,9-11H2,1-4H3,(H2,20,23)(H,21,24). The molecule has 1 aliphatic carbocycles. The molecule has 0 heterocycles. The Morgan fingerprint density at radius 3 is 2.46 bits per heavy atom. The van der Waals surface area contributed by atoms with Crippen molar-refractivity contribution in [2.45, 2.75) is 59.4 Å². The van der Waals surface area contributed by atoms with Crippen molar-refractivity contribution >= 4 is 11.8 Å². The first kappa shape index (κ1) is 18.3. The van der Waals surface area contributed by atoms with Crippen molar-refractivity contribution in [2.75, 3.05) is 0 Å². The maximum atomic E-state index is 12.6. The van der Waals surface area contributed by atoms with Crippen LogP contribution in [0.2, 0.25) is 0 Å². The summed E-state index contributed by atoms with van der Waals surface area (Å²) in [7, 11) is 0. The van der Waals surface area contributed by atoms with Gasteiger partial charge in [0.15, 0.2) is 0 Å². The molecule has 4 N–H and O–H groups in total. The normalized spacial score (nSPS) is 25.9. The van der Waals surface area contributed by atoms with Gasteiger partial charge in [0.1, 0.15) is 5.75 Å². The first-order chi connectivity index (χ1) is 11.1. The van der Waals surface area contributed by atoms with Crippen molar-refractivity contribution in [1.29, 1.82) is 0 Å². The summed E-state index contributed by atoms with van der Waals surface area (Å²) in [6.07, 6.45) is 4.00. The van der Waals surface area contributed by atoms with E-state index >= 15 is 0 Å². The highest BCUT2D eigenvalue weighted by Crippen LogP contribution is 2.47. The molecule has 2 unspecified atom stereocenters. The van der Waals surface area contributed by atoms with Crippen LogP contribution in [-0.2, 0) is 0 Å². The molecule has 0 saturated heterocycles. The Kier molecular flexibility index (Phi) is 4.92. The monoisotopic (exact) mass is 332 g/mol. The van der Waals surface area contributed by atoms with Gasteiger partial charge in [0, 0.05) is 6.04 Å². The molecule has 2 rings (SSSR count). The number of para-hydroxylation sites is 1. The summed E-state index contributed by atoms with van der Waals surface area (Å²) in [5, 5.41) is 13.2. The largest absolute Gasteiger partial charge is 0.506 e. The summed E-state index contributed by atoms with van der Waals surface area (Å²) in [4.78, 5) is 23.9. The Morgan fingerprint density at radius 1 is 1.25 bits per heavy atom. The minimum Gasteiger partial charge on any atom is -0.506 e. The van der Waals surface area contributed by atoms with E-state index in [9.17, 15) is 14.7 Å². The van der Waals surface area contributed by atoms with Crippen molar-refractivity contribution in [3.63, 3.8) is 0 Å². The molecule has 1 saturated carbocycles. The third-order valence-corrected chi connectivity index (χ3v) is 5.18. The first-order valence-electron chi connectivity index (χ1n) is 8.49. The van der Waals surface area contributed by atoms with Crippen LogP contribution in [0.5, 0.6) is 5.75 Å². The number of benzene rings is 1. The molecular weight excluding hydrogens is 304 g/mol. The molecule has 0 bridgehead atoms. The molecule has 0 aromatic heterocycles. The third-order valence-electron chi connectivity index (χ3n) is 5.18. The molecule has 132 valence electrons. The van der Waals surface area contributed by atoms with Crippen LogP contribution >= 0.6 is 0 Å². The van der Waals surface area contributed by atoms with E-state index in [4.69, 9.17) is 5.73 Å². The van der Waals surface area contributed by atoms with Gasteiger partial charge in [-0.05, 0) is 42.2 Å². The lowest BCUT2D eigenvalue weighted by molar-refractivity contribution is 0.0606. The second kappa shape index (κ2) is 6.46. The highest BCUT2D eigenvalue weighted by molar-refractivity contribution is 6.03. The van der Waals surface area contributed by atoms with Crippen molar-refractivity contribution < 1.29 is 14.7 Å². The fourth-order valence-electron chi connectivity index (χ4n) is 4.19. The topological polar surface area (TPSA) is 92.4 Å². The fraction of sp³-hybridized carbons (Fsp3) is 0.579. The Morgan fingerprint density at radius 2 is 1.88 bits per heavy atom. The first-order valence-corrected chi connectivity index (χ1v) is 8.49. The number of primary amides is 1. The number of nitrogens with one attached hydrogen (secondary N) is 1. The van der Waals surface area contributed by atoms with Crippen LogP contribution in [0.3, 0.4) is 0 Å². The molecule has 5 nitrogen and oxygen atoms in total. The van der Waals surface area contributed by atoms with E-state index in [1.807, 2.05) is 0 Å². The number of amides is 2. The molecule has 2 atom stereocenters. The average Bonchev–Trinajstić information content (AvgIpc) is 2.44. The van der Waals surface area contributed by atoms with Crippen molar-refractivity contribution in [3.05, 3.63) is 29.3 Å². The van der Waals surface area contributed by atoms with Crippen LogP contribution in [-0.4, -0.2) is 23.0 Å². The number of aromatic hydroxyl groups is 1. The predicted octanol–water partition coefficient (Wildman–Crippen LogP) is 3.22. The molecule has 0 radical (unpaired) electrons. The van der Waals surface area contributed by atoms with E-state index in [0.29, 0.717) is 0 Å². The molecule has 0 spiro atoms. The van der Waals surface area contributed by atoms with Gasteiger partial charge in [-0.25, -0.2) is 0 Å². The van der Waals surface area contributed by atoms with E-state index in [2.05, 4.69) is 33.0 Å². The Bertz CT molecular complexity index is 654. The summed E-state index contributed by atoms with van der Waals surface area (Å²) >= 11 is 0. The molecule has 1 fully saturated rings. The van der Waals surface area contributed by atoms with Gasteiger partial charge in [0.05, 0.1) is 11.1 Å². The minimum atomic E-state index is -0.750. The molecule has 5 heteroatoms. The van der Waals surface area contributed by atoms with Crippen LogP contribution < -0.4 is 11.1 Å². The lowest BCUT2D eigenvalue weighted by Crippen LogP contribution is -2.46. The molecule has 1 aliphatic rings. The molecule has 24 heavy (non-hydrogen) atoms. The van der Waals surface area contributed by atoms with Crippen LogP contribution in [0, 0.1) is 10.8 Å². The van der Waals surface area contributed by atoms with E-state index in [1.54, 1.807) is 6.07 Å². The van der Waals surface area contributed by atoms with Crippen LogP contribution in [0.25, 0.3) is 0 Å². The van der Waals surface area contributed by atoms with Gasteiger partial charge in [0.25, 0.3) is 11.8 Å². The second-order valence-corrected chi connectivity index (χ2v) is 8.15. The number of rotatable bonds is 4. The Labute approximate surface area is 143 Å². The van der Waals surface area contributed by atoms with Crippen molar-refractivity contribution in [3.8, 4) is 5.75 Å². The number of hydrogen-bond acceptors (Lipinski definition) is 3. The number of nitrogens with two attached hydrogens (primary N) is 1. The van der Waals surface area contributed by atoms with Crippen molar-refractivity contribution in [1.82, 2.24) is 5.32 Å². The third kappa shape index (κ3) is 3.89. The maximum absolute atomic E-state index is 12.6. The van der Waals surface area contributed by atoms with E-state index in [-0.39, 0.29) is 39.7 Å². The second-order valence-electron chi connectivity index (χ2n) is 8.15. The number of carbonyl (C=O) groups is 2. The van der Waals surface area contributed by atoms with Gasteiger partial charge in [-0.15, -0.1) is 0 Å². The molecule has 2 amide bonds. The zero-order chi connectivity index (χ0) is 18.1. The molecule has 0 aliphatic heterocycles. The highest BCUT2D eigenvalue weighted by Gasteiger charge is 2.40. The lowest BCUT2D eigenvalue weighted by atomic mass is 9.61. The quantitative estimate of drug-likeness (QED) is 0.790. The summed E-state index contributed by atoms with van der Waals surface area (Å²) in [5.74, 6) is -1.47. The summed E-state index contributed by atoms with van der Waals surface area (Å²) in [5.41, 5.74) is 5.62.